The molecule has 54 heavy (non-hydrogen) atoms. The van der Waals surface area contributed by atoms with Crippen LogP contribution < -0.4 is 10.6 Å². The Morgan fingerprint density at radius 1 is 0.574 bits per heavy atom. The van der Waals surface area contributed by atoms with Gasteiger partial charge >= 0.3 is 0 Å². The van der Waals surface area contributed by atoms with Crippen molar-refractivity contribution < 1.29 is 18.3 Å². The molecule has 6 heterocycles. The van der Waals surface area contributed by atoms with E-state index in [-0.39, 0.29) is 33.7 Å². The molecule has 2 atom stereocenters. The maximum Gasteiger partial charge on any atom is 0.141 e. The number of hydrogen-bond acceptors (Lipinski definition) is 8. The quantitative estimate of drug-likeness (QED) is 0.140. The van der Waals surface area contributed by atoms with E-state index in [0.29, 0.717) is 13.1 Å². The Morgan fingerprint density at radius 3 is 1.41 bits per heavy atom. The van der Waals surface area contributed by atoms with Crippen LogP contribution in [0.3, 0.4) is 0 Å². The fraction of sp³-hybridized carbons (Fsp3) is 0.545. The van der Waals surface area contributed by atoms with Gasteiger partial charge in [-0.3, -0.25) is 19.9 Å². The first-order chi connectivity index (χ1) is 26.4. The minimum atomic E-state index is -0.285. The molecular weight excluding hydrogens is 683 g/mol. The highest BCUT2D eigenvalue weighted by molar-refractivity contribution is 5.22. The molecule has 0 aromatic carbocycles. The lowest BCUT2D eigenvalue weighted by Crippen LogP contribution is -2.47. The Bertz CT molecular complexity index is 1630. The van der Waals surface area contributed by atoms with Crippen molar-refractivity contribution in [1.82, 2.24) is 30.6 Å². The van der Waals surface area contributed by atoms with Crippen LogP contribution in [0.1, 0.15) is 112 Å². The van der Waals surface area contributed by atoms with Crippen molar-refractivity contribution >= 4 is 0 Å². The summed E-state index contributed by atoms with van der Waals surface area (Å²) in [4.78, 5) is 17.3. The molecule has 2 N–H and O–H groups in total. The van der Waals surface area contributed by atoms with E-state index in [2.05, 4.69) is 44.9 Å². The Morgan fingerprint density at radius 2 is 1.02 bits per heavy atom. The summed E-state index contributed by atoms with van der Waals surface area (Å²) in [7, 11) is 0. The summed E-state index contributed by atoms with van der Waals surface area (Å²) in [6.07, 6.45) is 25.6. The molecule has 2 spiro atoms. The van der Waals surface area contributed by atoms with Crippen LogP contribution in [0.4, 0.5) is 8.78 Å². The largest absolute Gasteiger partial charge is 0.375 e. The summed E-state index contributed by atoms with van der Waals surface area (Å²) in [5.41, 5.74) is 4.32. The molecular formula is C44H56F2N6O2. The van der Waals surface area contributed by atoms with Crippen LogP contribution >= 0.6 is 0 Å². The average Bonchev–Trinajstić information content (AvgIpc) is 3.85. The van der Waals surface area contributed by atoms with E-state index in [1.807, 2.05) is 24.5 Å². The van der Waals surface area contributed by atoms with Crippen molar-refractivity contribution in [3.8, 4) is 0 Å². The molecule has 4 fully saturated rings. The molecule has 2 aliphatic heterocycles. The first-order valence-electron chi connectivity index (χ1n) is 20.1. The molecule has 1 unspecified atom stereocenters. The molecule has 8 rings (SSSR count). The number of ether oxygens (including phenoxy) is 2. The van der Waals surface area contributed by atoms with E-state index in [0.717, 1.165) is 76.0 Å². The van der Waals surface area contributed by atoms with Gasteiger partial charge in [-0.15, -0.1) is 0 Å². The number of halogens is 2. The Hall–Kier alpha value is -3.70. The van der Waals surface area contributed by atoms with Crippen molar-refractivity contribution in [3.05, 3.63) is 120 Å². The Labute approximate surface area is 319 Å². The number of aromatic nitrogens is 4. The van der Waals surface area contributed by atoms with Gasteiger partial charge in [0.15, 0.2) is 0 Å². The third-order valence-corrected chi connectivity index (χ3v) is 12.5. The molecule has 0 amide bonds. The minimum absolute atomic E-state index is 0.0439. The highest BCUT2D eigenvalue weighted by Crippen LogP contribution is 2.51. The zero-order chi connectivity index (χ0) is 37.2. The monoisotopic (exact) mass is 738 g/mol. The first kappa shape index (κ1) is 38.6. The van der Waals surface area contributed by atoms with Gasteiger partial charge in [0.25, 0.3) is 0 Å². The highest BCUT2D eigenvalue weighted by atomic mass is 19.1. The summed E-state index contributed by atoms with van der Waals surface area (Å²) in [6, 6.07) is 15.6. The van der Waals surface area contributed by atoms with Crippen molar-refractivity contribution in [2.75, 3.05) is 26.3 Å². The molecule has 0 radical (unpaired) electrons. The number of hydrogen-bond donors (Lipinski definition) is 2. The van der Waals surface area contributed by atoms with Gasteiger partial charge in [-0.1, -0.05) is 37.8 Å². The average molecular weight is 739 g/mol. The van der Waals surface area contributed by atoms with Crippen LogP contribution in [-0.2, 0) is 33.4 Å². The number of pyridine rings is 4. The van der Waals surface area contributed by atoms with Crippen molar-refractivity contribution in [1.29, 1.82) is 0 Å². The minimum Gasteiger partial charge on any atom is -0.375 e. The molecule has 4 aromatic rings. The third-order valence-electron chi connectivity index (χ3n) is 12.5. The first-order valence-corrected chi connectivity index (χ1v) is 20.1. The molecule has 4 aliphatic rings. The van der Waals surface area contributed by atoms with E-state index < -0.39 is 0 Å². The molecule has 4 aromatic heterocycles. The lowest BCUT2D eigenvalue weighted by Gasteiger charge is -2.46. The molecule has 10 heteroatoms. The maximum absolute atomic E-state index is 13.3. The third kappa shape index (κ3) is 9.56. The van der Waals surface area contributed by atoms with E-state index in [1.165, 1.54) is 87.3 Å². The summed E-state index contributed by atoms with van der Waals surface area (Å²) in [6.45, 7) is 4.61. The zero-order valence-corrected chi connectivity index (χ0v) is 31.6. The van der Waals surface area contributed by atoms with Gasteiger partial charge in [-0.25, -0.2) is 8.78 Å². The van der Waals surface area contributed by atoms with E-state index in [4.69, 9.17) is 19.4 Å². The van der Waals surface area contributed by atoms with Crippen LogP contribution in [0.15, 0.2) is 85.7 Å². The SMILES string of the molecule is Fc1cncc(CNCCC2(c3ccccn3)CCOC3(CCCC3)C2)c1.Fc1cncc(CNCC[C@@]2(c3ccccn3)CCOC3(CCCC3)C2)c1. The van der Waals surface area contributed by atoms with Crippen molar-refractivity contribution in [3.63, 3.8) is 0 Å². The molecule has 2 saturated heterocycles. The maximum atomic E-state index is 13.3. The summed E-state index contributed by atoms with van der Waals surface area (Å²) < 4.78 is 39.2. The number of nitrogens with one attached hydrogen (secondary N) is 2. The van der Waals surface area contributed by atoms with Crippen LogP contribution in [0.5, 0.6) is 0 Å². The van der Waals surface area contributed by atoms with Crippen molar-refractivity contribution in [2.45, 2.75) is 125 Å². The normalized spacial score (nSPS) is 24.3. The van der Waals surface area contributed by atoms with Crippen LogP contribution in [-0.4, -0.2) is 57.4 Å². The standard InChI is InChI=1S/2C22H28FN3O/c2*23-19-13-18(15-25-16-19)14-24-11-8-21(20-5-1-4-10-26-20)9-12-27-22(17-21)6-2-3-7-22/h2*1,4-5,10,13,15-16,24H,2-3,6-9,11-12,14,17H2/t21-;/m1./s1. The van der Waals surface area contributed by atoms with Gasteiger partial charge in [0.2, 0.25) is 0 Å². The van der Waals surface area contributed by atoms with Gasteiger partial charge in [0.05, 0.1) is 23.6 Å². The van der Waals surface area contributed by atoms with Gasteiger partial charge in [0, 0.05) is 73.3 Å². The molecule has 8 nitrogen and oxygen atoms in total. The lowest BCUT2D eigenvalue weighted by atomic mass is 9.68. The van der Waals surface area contributed by atoms with Gasteiger partial charge < -0.3 is 20.1 Å². The summed E-state index contributed by atoms with van der Waals surface area (Å²) >= 11 is 0. The van der Waals surface area contributed by atoms with Gasteiger partial charge in [-0.05, 0) is 125 Å². The van der Waals surface area contributed by atoms with E-state index >= 15 is 0 Å². The van der Waals surface area contributed by atoms with E-state index in [1.54, 1.807) is 12.4 Å². The molecule has 0 bridgehead atoms. The fourth-order valence-electron chi connectivity index (χ4n) is 9.82. The molecule has 2 saturated carbocycles. The highest BCUT2D eigenvalue weighted by Gasteiger charge is 2.49. The number of nitrogens with zero attached hydrogens (tertiary/aromatic N) is 4. The Balaban J connectivity index is 0.000000167. The van der Waals surface area contributed by atoms with E-state index in [9.17, 15) is 8.78 Å². The van der Waals surface area contributed by atoms with Crippen molar-refractivity contribution in [2.24, 2.45) is 0 Å². The van der Waals surface area contributed by atoms with Crippen LogP contribution in [0.2, 0.25) is 0 Å². The predicted octanol–water partition coefficient (Wildman–Crippen LogP) is 8.31. The summed E-state index contributed by atoms with van der Waals surface area (Å²) in [5, 5.41) is 6.95. The second-order valence-electron chi connectivity index (χ2n) is 16.2. The van der Waals surface area contributed by atoms with Crippen LogP contribution in [0.25, 0.3) is 0 Å². The molecule has 2 aliphatic carbocycles. The topological polar surface area (TPSA) is 94.1 Å². The van der Waals surface area contributed by atoms with Crippen LogP contribution in [0, 0.1) is 11.6 Å². The summed E-state index contributed by atoms with van der Waals surface area (Å²) in [5.74, 6) is -0.571. The smallest absolute Gasteiger partial charge is 0.141 e. The second-order valence-corrected chi connectivity index (χ2v) is 16.2. The molecule has 288 valence electrons. The van der Waals surface area contributed by atoms with Gasteiger partial charge in [-0.2, -0.15) is 0 Å². The second kappa shape index (κ2) is 17.8. The number of rotatable bonds is 12. The predicted molar refractivity (Wildman–Crippen MR) is 206 cm³/mol. The lowest BCUT2D eigenvalue weighted by molar-refractivity contribution is -0.104. The fourth-order valence-corrected chi connectivity index (χ4v) is 9.82. The Kier molecular flexibility index (Phi) is 12.7. The zero-order valence-electron chi connectivity index (χ0n) is 31.6. The van der Waals surface area contributed by atoms with Gasteiger partial charge in [0.1, 0.15) is 11.6 Å².